The maximum Gasteiger partial charge on any atom is 0.253 e. The van der Waals surface area contributed by atoms with E-state index in [0.29, 0.717) is 30.0 Å². The summed E-state index contributed by atoms with van der Waals surface area (Å²) in [7, 11) is 1.72. The predicted molar refractivity (Wildman–Crippen MR) is 108 cm³/mol. The first-order chi connectivity index (χ1) is 13.4. The molecule has 0 radical (unpaired) electrons. The minimum atomic E-state index is -0.487. The lowest BCUT2D eigenvalue weighted by molar-refractivity contribution is 0.0785. The van der Waals surface area contributed by atoms with Crippen molar-refractivity contribution in [1.82, 2.24) is 9.88 Å². The second-order valence-electron chi connectivity index (χ2n) is 6.40. The first kappa shape index (κ1) is 19.6. The van der Waals surface area contributed by atoms with E-state index in [1.54, 1.807) is 65.7 Å². The maximum atomic E-state index is 12.6. The number of hydrogen-bond donors (Lipinski definition) is 1. The van der Waals surface area contributed by atoms with Crippen LogP contribution in [-0.2, 0) is 13.2 Å². The first-order valence-electron chi connectivity index (χ1n) is 8.70. The number of benzene rings is 2. The fraction of sp³-hybridized carbons (Fsp3) is 0.190. The lowest BCUT2D eigenvalue weighted by atomic mass is 10.1. The topological polar surface area (TPSA) is 85.5 Å². The fourth-order valence-corrected chi connectivity index (χ4v) is 3.31. The molecule has 0 aliphatic carbocycles. The summed E-state index contributed by atoms with van der Waals surface area (Å²) in [4.78, 5) is 29.9. The lowest BCUT2D eigenvalue weighted by Gasteiger charge is -2.18. The van der Waals surface area contributed by atoms with Gasteiger partial charge in [-0.3, -0.25) is 9.59 Å². The molecule has 2 aromatic carbocycles. The molecule has 0 aliphatic rings. The molecule has 2 N–H and O–H groups in total. The van der Waals surface area contributed by atoms with Crippen molar-refractivity contribution in [1.29, 1.82) is 0 Å². The number of carbonyl (C=O) groups excluding carboxylic acids is 2. The van der Waals surface area contributed by atoms with Crippen LogP contribution in [0.1, 0.15) is 37.0 Å². The molecular formula is C21H21N3O3S. The van der Waals surface area contributed by atoms with Crippen molar-refractivity contribution < 1.29 is 14.3 Å². The molecule has 144 valence electrons. The van der Waals surface area contributed by atoms with Gasteiger partial charge in [0, 0.05) is 30.1 Å². The van der Waals surface area contributed by atoms with Crippen LogP contribution in [0.25, 0.3) is 0 Å². The van der Waals surface area contributed by atoms with Gasteiger partial charge in [0.1, 0.15) is 12.4 Å². The molecule has 0 atom stereocenters. The number of aryl methyl sites for hydroxylation is 1. The van der Waals surface area contributed by atoms with Gasteiger partial charge in [-0.2, -0.15) is 0 Å². The van der Waals surface area contributed by atoms with E-state index in [1.165, 1.54) is 0 Å². The molecule has 28 heavy (non-hydrogen) atoms. The van der Waals surface area contributed by atoms with E-state index >= 15 is 0 Å². The smallest absolute Gasteiger partial charge is 0.253 e. The van der Waals surface area contributed by atoms with Gasteiger partial charge in [-0.1, -0.05) is 12.1 Å². The Morgan fingerprint density at radius 3 is 2.54 bits per heavy atom. The molecule has 0 fully saturated rings. The summed E-state index contributed by atoms with van der Waals surface area (Å²) in [5.74, 6) is 0.0735. The highest BCUT2D eigenvalue weighted by atomic mass is 32.1. The second kappa shape index (κ2) is 8.67. The van der Waals surface area contributed by atoms with Crippen molar-refractivity contribution in [2.45, 2.75) is 20.1 Å². The molecule has 0 saturated heterocycles. The SMILES string of the molecule is Cc1nc(COc2ccc(C(=O)N(C)Cc3cccc(C(N)=O)c3)cc2)cs1. The number of hydrogen-bond acceptors (Lipinski definition) is 5. The number of nitrogens with zero attached hydrogens (tertiary/aromatic N) is 2. The number of primary amides is 1. The van der Waals surface area contributed by atoms with Gasteiger partial charge in [-0.15, -0.1) is 11.3 Å². The Bertz CT molecular complexity index is 983. The van der Waals surface area contributed by atoms with Gasteiger partial charge in [-0.25, -0.2) is 4.98 Å². The minimum absolute atomic E-state index is 0.119. The normalized spacial score (nSPS) is 10.5. The molecule has 1 aromatic heterocycles. The third kappa shape index (κ3) is 4.95. The van der Waals surface area contributed by atoms with Crippen LogP contribution in [0.15, 0.2) is 53.9 Å². The van der Waals surface area contributed by atoms with E-state index in [1.807, 2.05) is 18.4 Å². The highest BCUT2D eigenvalue weighted by molar-refractivity contribution is 7.09. The van der Waals surface area contributed by atoms with Gasteiger partial charge in [0.25, 0.3) is 5.91 Å². The van der Waals surface area contributed by atoms with E-state index in [2.05, 4.69) is 4.98 Å². The van der Waals surface area contributed by atoms with Gasteiger partial charge < -0.3 is 15.4 Å². The quantitative estimate of drug-likeness (QED) is 0.664. The van der Waals surface area contributed by atoms with Crippen LogP contribution in [0.4, 0.5) is 0 Å². The zero-order chi connectivity index (χ0) is 20.1. The number of nitrogens with two attached hydrogens (primary N) is 1. The second-order valence-corrected chi connectivity index (χ2v) is 7.46. The molecule has 2 amide bonds. The average Bonchev–Trinajstić information content (AvgIpc) is 3.11. The van der Waals surface area contributed by atoms with Crippen molar-refractivity contribution in [3.63, 3.8) is 0 Å². The Morgan fingerprint density at radius 1 is 1.14 bits per heavy atom. The summed E-state index contributed by atoms with van der Waals surface area (Å²) < 4.78 is 5.71. The lowest BCUT2D eigenvalue weighted by Crippen LogP contribution is -2.26. The summed E-state index contributed by atoms with van der Waals surface area (Å²) in [6.07, 6.45) is 0. The summed E-state index contributed by atoms with van der Waals surface area (Å²) in [5.41, 5.74) is 8.02. The molecule has 0 spiro atoms. The Balaban J connectivity index is 1.60. The van der Waals surface area contributed by atoms with E-state index in [0.717, 1.165) is 16.3 Å². The highest BCUT2D eigenvalue weighted by Gasteiger charge is 2.13. The van der Waals surface area contributed by atoms with Crippen LogP contribution in [0.5, 0.6) is 5.75 Å². The van der Waals surface area contributed by atoms with Crippen LogP contribution in [0, 0.1) is 6.92 Å². The molecule has 1 heterocycles. The van der Waals surface area contributed by atoms with Gasteiger partial charge in [-0.05, 0) is 48.9 Å². The molecule has 0 unspecified atom stereocenters. The van der Waals surface area contributed by atoms with Crippen molar-refractivity contribution >= 4 is 23.2 Å². The van der Waals surface area contributed by atoms with Crippen molar-refractivity contribution in [2.24, 2.45) is 5.73 Å². The van der Waals surface area contributed by atoms with E-state index < -0.39 is 5.91 Å². The number of rotatable bonds is 7. The van der Waals surface area contributed by atoms with E-state index in [9.17, 15) is 9.59 Å². The molecular weight excluding hydrogens is 374 g/mol. The van der Waals surface area contributed by atoms with Crippen LogP contribution in [0.2, 0.25) is 0 Å². The minimum Gasteiger partial charge on any atom is -0.487 e. The predicted octanol–water partition coefficient (Wildman–Crippen LogP) is 3.40. The molecule has 0 aliphatic heterocycles. The number of carbonyl (C=O) groups is 2. The Kier molecular flexibility index (Phi) is 6.06. The fourth-order valence-electron chi connectivity index (χ4n) is 2.71. The van der Waals surface area contributed by atoms with Crippen molar-refractivity contribution in [2.75, 3.05) is 7.05 Å². The van der Waals surface area contributed by atoms with E-state index in [4.69, 9.17) is 10.5 Å². The van der Waals surface area contributed by atoms with Gasteiger partial charge >= 0.3 is 0 Å². The zero-order valence-corrected chi connectivity index (χ0v) is 16.5. The Morgan fingerprint density at radius 2 is 1.89 bits per heavy atom. The number of ether oxygens (including phenoxy) is 1. The van der Waals surface area contributed by atoms with Crippen LogP contribution < -0.4 is 10.5 Å². The average molecular weight is 395 g/mol. The third-order valence-corrected chi connectivity index (χ3v) is 4.95. The number of amides is 2. The highest BCUT2D eigenvalue weighted by Crippen LogP contribution is 2.17. The van der Waals surface area contributed by atoms with Gasteiger partial charge in [0.2, 0.25) is 5.91 Å². The number of aromatic nitrogens is 1. The molecule has 7 heteroatoms. The summed E-state index contributed by atoms with van der Waals surface area (Å²) in [6.45, 7) is 2.73. The Hall–Kier alpha value is -3.19. The van der Waals surface area contributed by atoms with Crippen LogP contribution >= 0.6 is 11.3 Å². The molecule has 3 aromatic rings. The van der Waals surface area contributed by atoms with E-state index in [-0.39, 0.29) is 5.91 Å². The summed E-state index contributed by atoms with van der Waals surface area (Å²) in [5, 5.41) is 2.97. The summed E-state index contributed by atoms with van der Waals surface area (Å²) >= 11 is 1.59. The largest absolute Gasteiger partial charge is 0.487 e. The van der Waals surface area contributed by atoms with Crippen LogP contribution in [-0.4, -0.2) is 28.7 Å². The molecule has 0 bridgehead atoms. The Labute approximate surface area is 167 Å². The van der Waals surface area contributed by atoms with Gasteiger partial charge in [0.15, 0.2) is 0 Å². The molecule has 0 saturated carbocycles. The van der Waals surface area contributed by atoms with Gasteiger partial charge in [0.05, 0.1) is 10.7 Å². The molecule has 6 nitrogen and oxygen atoms in total. The standard InChI is InChI=1S/C21H21N3O3S/c1-14-23-18(13-28-14)12-27-19-8-6-16(7-9-19)21(26)24(2)11-15-4-3-5-17(10-15)20(22)25/h3-10,13H,11-12H2,1-2H3,(H2,22,25). The zero-order valence-electron chi connectivity index (χ0n) is 15.7. The van der Waals surface area contributed by atoms with Crippen molar-refractivity contribution in [3.05, 3.63) is 81.3 Å². The third-order valence-electron chi connectivity index (χ3n) is 4.13. The van der Waals surface area contributed by atoms with Crippen LogP contribution in [0.3, 0.4) is 0 Å². The maximum absolute atomic E-state index is 12.6. The first-order valence-corrected chi connectivity index (χ1v) is 9.58. The van der Waals surface area contributed by atoms with Crippen molar-refractivity contribution in [3.8, 4) is 5.75 Å². The monoisotopic (exact) mass is 395 g/mol. The molecule has 3 rings (SSSR count). The number of thiazole rings is 1. The summed E-state index contributed by atoms with van der Waals surface area (Å²) in [6, 6.07) is 14.0.